The van der Waals surface area contributed by atoms with Crippen molar-refractivity contribution in [2.45, 2.75) is 88.3 Å². The molecule has 0 spiro atoms. The highest BCUT2D eigenvalue weighted by Gasteiger charge is 2.54. The van der Waals surface area contributed by atoms with Gasteiger partial charge in [-0.1, -0.05) is 133 Å². The highest BCUT2D eigenvalue weighted by atomic mass is 28.4. The zero-order valence-corrected chi connectivity index (χ0v) is 28.5. The second kappa shape index (κ2) is 14.0. The minimum absolute atomic E-state index is 0.00605. The maximum Gasteiger partial charge on any atom is 0.330 e. The van der Waals surface area contributed by atoms with Crippen LogP contribution in [0.15, 0.2) is 113 Å². The number of benzene rings is 3. The maximum atomic E-state index is 13.1. The number of hydrogen-bond donors (Lipinski definition) is 2. The molecule has 0 radical (unpaired) electrons. The number of aliphatic hydroxyl groups excluding tert-OH is 1. The molecule has 2 heterocycles. The molecule has 4 aromatic rings. The van der Waals surface area contributed by atoms with E-state index in [1.165, 1.54) is 16.8 Å². The van der Waals surface area contributed by atoms with Crippen LogP contribution in [0, 0.1) is 0 Å². The quantitative estimate of drug-likeness (QED) is 0.138. The smallest absolute Gasteiger partial charge is 0.330 e. The molecule has 1 fully saturated rings. The first-order valence-corrected chi connectivity index (χ1v) is 18.3. The van der Waals surface area contributed by atoms with Gasteiger partial charge in [-0.05, 0) is 33.3 Å². The van der Waals surface area contributed by atoms with Crippen molar-refractivity contribution >= 4 is 8.32 Å². The summed E-state index contributed by atoms with van der Waals surface area (Å²) in [5.41, 5.74) is 1.29. The van der Waals surface area contributed by atoms with Gasteiger partial charge in [0.2, 0.25) is 8.32 Å². The summed E-state index contributed by atoms with van der Waals surface area (Å²) < 4.78 is 22.0. The molecule has 0 saturated carbocycles. The van der Waals surface area contributed by atoms with E-state index in [1.54, 1.807) is 0 Å². The summed E-state index contributed by atoms with van der Waals surface area (Å²) in [6.45, 7) is 13.0. The van der Waals surface area contributed by atoms with E-state index in [9.17, 15) is 14.7 Å². The predicted octanol–water partition coefficient (Wildman–Crippen LogP) is 6.36. The van der Waals surface area contributed by atoms with Gasteiger partial charge in [-0.15, -0.1) is 0 Å². The number of aromatic nitrogens is 2. The van der Waals surface area contributed by atoms with Crippen molar-refractivity contribution in [3.05, 3.63) is 141 Å². The summed E-state index contributed by atoms with van der Waals surface area (Å²) in [7, 11) is -2.55. The van der Waals surface area contributed by atoms with Crippen LogP contribution in [-0.2, 0) is 19.5 Å². The molecule has 1 aliphatic heterocycles. The van der Waals surface area contributed by atoms with Gasteiger partial charge in [-0.2, -0.15) is 0 Å². The standard InChI is InChI=1S/C37H46N2O6Si/c1-25(2)46(26(3)4,27(5)6)45-34-33(41)31(44-35(34)39-23-22-32(40)38-36(39)42)24-43-37(28-16-10-7-11-17-28,29-18-12-8-13-19-29)30-20-14-9-15-21-30/h7-23,25-27,31,33-35,41H,24H2,1-6H3,(H,38,40,42)/t31-,33-,34-,35-/m1/s1. The molecule has 0 unspecified atom stereocenters. The lowest BCUT2D eigenvalue weighted by atomic mass is 9.80. The number of aliphatic hydroxyl groups is 1. The monoisotopic (exact) mass is 642 g/mol. The first-order chi connectivity index (χ1) is 22.0. The number of hydrogen-bond acceptors (Lipinski definition) is 6. The molecule has 0 bridgehead atoms. The average molecular weight is 643 g/mol. The first-order valence-electron chi connectivity index (χ1n) is 16.2. The Labute approximate surface area is 272 Å². The lowest BCUT2D eigenvalue weighted by molar-refractivity contribution is -0.0957. The molecular weight excluding hydrogens is 597 g/mol. The van der Waals surface area contributed by atoms with Crippen LogP contribution < -0.4 is 11.2 Å². The van der Waals surface area contributed by atoms with Crippen LogP contribution in [0.2, 0.25) is 16.6 Å². The van der Waals surface area contributed by atoms with Crippen molar-refractivity contribution < 1.29 is 19.0 Å². The van der Waals surface area contributed by atoms with Crippen molar-refractivity contribution in [1.82, 2.24) is 9.55 Å². The molecule has 46 heavy (non-hydrogen) atoms. The van der Waals surface area contributed by atoms with Crippen LogP contribution >= 0.6 is 0 Å². The van der Waals surface area contributed by atoms with E-state index in [4.69, 9.17) is 13.9 Å². The van der Waals surface area contributed by atoms with Gasteiger partial charge in [0.25, 0.3) is 5.56 Å². The number of nitrogens with zero attached hydrogens (tertiary/aromatic N) is 1. The van der Waals surface area contributed by atoms with Crippen LogP contribution in [0.1, 0.15) is 64.5 Å². The highest BCUT2D eigenvalue weighted by molar-refractivity contribution is 6.77. The number of ether oxygens (including phenoxy) is 2. The molecule has 1 aromatic heterocycles. The van der Waals surface area contributed by atoms with E-state index in [0.29, 0.717) is 0 Å². The summed E-state index contributed by atoms with van der Waals surface area (Å²) >= 11 is 0. The second-order valence-corrected chi connectivity index (χ2v) is 18.5. The molecule has 8 nitrogen and oxygen atoms in total. The molecule has 0 amide bonds. The third-order valence-corrected chi connectivity index (χ3v) is 15.6. The lowest BCUT2D eigenvalue weighted by Crippen LogP contribution is -2.54. The van der Waals surface area contributed by atoms with Gasteiger partial charge < -0.3 is 19.0 Å². The van der Waals surface area contributed by atoms with E-state index in [-0.39, 0.29) is 23.2 Å². The van der Waals surface area contributed by atoms with Crippen molar-refractivity contribution in [3.8, 4) is 0 Å². The molecule has 3 aromatic carbocycles. The molecule has 9 heteroatoms. The van der Waals surface area contributed by atoms with Crippen LogP contribution in [0.4, 0.5) is 0 Å². The van der Waals surface area contributed by atoms with E-state index in [2.05, 4.69) is 46.5 Å². The van der Waals surface area contributed by atoms with Gasteiger partial charge in [-0.3, -0.25) is 14.3 Å². The molecular formula is C37H46N2O6Si. The summed E-state index contributed by atoms with van der Waals surface area (Å²) in [5.74, 6) is 0. The zero-order valence-electron chi connectivity index (χ0n) is 27.5. The molecule has 2 N–H and O–H groups in total. The van der Waals surface area contributed by atoms with Gasteiger partial charge in [-0.25, -0.2) is 4.79 Å². The minimum Gasteiger partial charge on any atom is -0.406 e. The van der Waals surface area contributed by atoms with E-state index >= 15 is 0 Å². The Hall–Kier alpha value is -3.60. The zero-order chi connectivity index (χ0) is 33.1. The fourth-order valence-corrected chi connectivity index (χ4v) is 13.0. The number of nitrogens with one attached hydrogen (secondary N) is 1. The summed E-state index contributed by atoms with van der Waals surface area (Å²) in [5, 5.41) is 12.0. The van der Waals surface area contributed by atoms with E-state index < -0.39 is 49.7 Å². The average Bonchev–Trinajstić information content (AvgIpc) is 3.35. The molecule has 1 saturated heterocycles. The van der Waals surface area contributed by atoms with Gasteiger partial charge in [0, 0.05) is 12.3 Å². The molecule has 1 aliphatic rings. The fraction of sp³-hybridized carbons (Fsp3) is 0.405. The number of rotatable bonds is 12. The molecule has 5 rings (SSSR count). The topological polar surface area (TPSA) is 103 Å². The van der Waals surface area contributed by atoms with Crippen molar-refractivity contribution in [1.29, 1.82) is 0 Å². The Morgan fingerprint density at radius 1 is 0.783 bits per heavy atom. The van der Waals surface area contributed by atoms with E-state index in [1.807, 2.05) is 91.0 Å². The Kier molecular flexibility index (Phi) is 10.3. The van der Waals surface area contributed by atoms with Gasteiger partial charge in [0.1, 0.15) is 23.9 Å². The summed E-state index contributed by atoms with van der Waals surface area (Å²) in [4.78, 5) is 27.4. The first kappa shape index (κ1) is 33.8. The number of aromatic amines is 1. The van der Waals surface area contributed by atoms with Gasteiger partial charge >= 0.3 is 5.69 Å². The van der Waals surface area contributed by atoms with Crippen LogP contribution in [0.5, 0.6) is 0 Å². The Bertz CT molecular complexity index is 1550. The van der Waals surface area contributed by atoms with Crippen molar-refractivity contribution in [3.63, 3.8) is 0 Å². The van der Waals surface area contributed by atoms with Crippen LogP contribution in [0.25, 0.3) is 0 Å². The van der Waals surface area contributed by atoms with E-state index in [0.717, 1.165) is 16.7 Å². The summed E-state index contributed by atoms with van der Waals surface area (Å²) in [6.07, 6.45) is -2.40. The second-order valence-electron chi connectivity index (χ2n) is 13.1. The maximum absolute atomic E-state index is 13.1. The summed E-state index contributed by atoms with van der Waals surface area (Å²) in [6, 6.07) is 31.3. The third kappa shape index (κ3) is 6.22. The van der Waals surface area contributed by atoms with Gasteiger partial charge in [0.15, 0.2) is 6.23 Å². The largest absolute Gasteiger partial charge is 0.406 e. The predicted molar refractivity (Wildman–Crippen MR) is 182 cm³/mol. The van der Waals surface area contributed by atoms with Crippen LogP contribution in [0.3, 0.4) is 0 Å². The highest BCUT2D eigenvalue weighted by Crippen LogP contribution is 2.47. The third-order valence-electron chi connectivity index (χ3n) is 9.49. The number of H-pyrrole nitrogens is 1. The van der Waals surface area contributed by atoms with Crippen molar-refractivity contribution in [2.24, 2.45) is 0 Å². The Morgan fingerprint density at radius 3 is 1.65 bits per heavy atom. The SMILES string of the molecule is CC(C)[Si](O[C@@H]1[C@H](O)[C@@H](COC(c2ccccc2)(c2ccccc2)c2ccccc2)O[C@H]1n1ccc(=O)[nH]c1=O)(C(C)C)C(C)C. The fourth-order valence-electron chi connectivity index (χ4n) is 7.45. The minimum atomic E-state index is -2.55. The molecule has 4 atom stereocenters. The Morgan fingerprint density at radius 2 is 1.24 bits per heavy atom. The normalized spacial score (nSPS) is 20.6. The molecule has 244 valence electrons. The lowest BCUT2D eigenvalue weighted by Gasteiger charge is -2.45. The van der Waals surface area contributed by atoms with Gasteiger partial charge in [0.05, 0.1) is 6.61 Å². The Balaban J connectivity index is 1.59. The van der Waals surface area contributed by atoms with Crippen molar-refractivity contribution in [2.75, 3.05) is 6.61 Å². The molecule has 0 aliphatic carbocycles. The van der Waals surface area contributed by atoms with Crippen LogP contribution in [-0.4, -0.2) is 47.9 Å².